The average molecular weight is 403 g/mol. The van der Waals surface area contributed by atoms with Crippen LogP contribution in [0.5, 0.6) is 5.75 Å². The summed E-state index contributed by atoms with van der Waals surface area (Å²) in [5, 5.41) is 2.81. The summed E-state index contributed by atoms with van der Waals surface area (Å²) in [5.74, 6) is 0.111. The van der Waals surface area contributed by atoms with Crippen LogP contribution in [0, 0.1) is 5.82 Å². The number of halogens is 1. The molecule has 1 N–H and O–H groups in total. The first kappa shape index (κ1) is 18.3. The van der Waals surface area contributed by atoms with E-state index in [9.17, 15) is 14.0 Å². The Morgan fingerprint density at radius 1 is 1.07 bits per heavy atom. The van der Waals surface area contributed by atoms with Crippen LogP contribution in [0.25, 0.3) is 11.1 Å². The zero-order valence-corrected chi connectivity index (χ0v) is 16.0. The summed E-state index contributed by atoms with van der Waals surface area (Å²) < 4.78 is 19.6. The van der Waals surface area contributed by atoms with Crippen molar-refractivity contribution in [2.24, 2.45) is 0 Å². The molecule has 5 rings (SSSR count). The molecule has 0 atom stereocenters. The van der Waals surface area contributed by atoms with Gasteiger partial charge in [-0.3, -0.25) is 14.6 Å². The molecular formula is C23H18FN3O3. The number of hydrogen-bond acceptors (Lipinski definition) is 4. The maximum Gasteiger partial charge on any atom is 0.254 e. The van der Waals surface area contributed by atoms with E-state index >= 15 is 0 Å². The van der Waals surface area contributed by atoms with Gasteiger partial charge in [0.05, 0.1) is 13.1 Å². The highest BCUT2D eigenvalue weighted by molar-refractivity contribution is 6.00. The fourth-order valence-electron chi connectivity index (χ4n) is 3.74. The summed E-state index contributed by atoms with van der Waals surface area (Å²) in [5.41, 5.74) is 3.55. The van der Waals surface area contributed by atoms with E-state index in [0.717, 1.165) is 16.7 Å². The molecule has 150 valence electrons. The Hall–Kier alpha value is -3.74. The van der Waals surface area contributed by atoms with Crippen molar-refractivity contribution in [3.05, 3.63) is 83.4 Å². The lowest BCUT2D eigenvalue weighted by atomic mass is 9.98. The largest absolute Gasteiger partial charge is 0.486 e. The molecule has 1 aromatic heterocycles. The first-order valence-corrected chi connectivity index (χ1v) is 9.65. The average Bonchev–Trinajstić information content (AvgIpc) is 3.10. The maximum atomic E-state index is 13.4. The van der Waals surface area contributed by atoms with Crippen LogP contribution in [0.1, 0.15) is 26.3 Å². The lowest BCUT2D eigenvalue weighted by molar-refractivity contribution is 0.0180. The van der Waals surface area contributed by atoms with Crippen LogP contribution in [-0.4, -0.2) is 40.9 Å². The van der Waals surface area contributed by atoms with E-state index in [4.69, 9.17) is 4.74 Å². The molecule has 2 amide bonds. The number of aromatic nitrogens is 1. The van der Waals surface area contributed by atoms with E-state index in [1.54, 1.807) is 47.6 Å². The molecule has 2 aliphatic heterocycles. The summed E-state index contributed by atoms with van der Waals surface area (Å²) in [6.07, 6.45) is 3.03. The van der Waals surface area contributed by atoms with Crippen LogP contribution < -0.4 is 10.1 Å². The lowest BCUT2D eigenvalue weighted by Crippen LogP contribution is -2.56. The molecule has 2 aliphatic rings. The fraction of sp³-hybridized carbons (Fsp3) is 0.174. The minimum Gasteiger partial charge on any atom is -0.486 e. The normalized spacial score (nSPS) is 15.4. The van der Waals surface area contributed by atoms with Gasteiger partial charge in [-0.2, -0.15) is 0 Å². The van der Waals surface area contributed by atoms with E-state index < -0.39 is 0 Å². The first-order valence-electron chi connectivity index (χ1n) is 9.65. The van der Waals surface area contributed by atoms with Gasteiger partial charge < -0.3 is 15.0 Å². The number of fused-ring (bicyclic) bond motifs is 1. The Labute approximate surface area is 172 Å². The summed E-state index contributed by atoms with van der Waals surface area (Å²) in [4.78, 5) is 30.2. The Kier molecular flexibility index (Phi) is 4.43. The number of carbonyl (C=O) groups excluding carboxylic acids is 2. The van der Waals surface area contributed by atoms with Crippen molar-refractivity contribution in [3.63, 3.8) is 0 Å². The van der Waals surface area contributed by atoms with E-state index in [-0.39, 0.29) is 23.7 Å². The van der Waals surface area contributed by atoms with Crippen LogP contribution in [0.2, 0.25) is 0 Å². The Morgan fingerprint density at radius 3 is 2.53 bits per heavy atom. The number of benzene rings is 2. The quantitative estimate of drug-likeness (QED) is 0.727. The molecule has 0 spiro atoms. The van der Waals surface area contributed by atoms with Crippen molar-refractivity contribution >= 4 is 11.8 Å². The molecule has 1 saturated heterocycles. The number of carbonyl (C=O) groups is 2. The Balaban J connectivity index is 1.38. The predicted molar refractivity (Wildman–Crippen MR) is 108 cm³/mol. The van der Waals surface area contributed by atoms with Gasteiger partial charge in [0.25, 0.3) is 11.8 Å². The molecule has 3 aromatic rings. The van der Waals surface area contributed by atoms with E-state index in [0.29, 0.717) is 36.5 Å². The molecule has 1 fully saturated rings. The number of amides is 2. The van der Waals surface area contributed by atoms with Crippen molar-refractivity contribution in [2.75, 3.05) is 13.1 Å². The SMILES string of the molecule is O=C1NCc2cc(OC3CN(C(=O)c4ccncc4)C3)c(-c3ccc(F)cc3)cc21. The van der Waals surface area contributed by atoms with Crippen LogP contribution in [0.15, 0.2) is 60.9 Å². The third-order valence-electron chi connectivity index (χ3n) is 5.40. The van der Waals surface area contributed by atoms with Gasteiger partial charge in [-0.1, -0.05) is 12.1 Å². The molecule has 30 heavy (non-hydrogen) atoms. The van der Waals surface area contributed by atoms with E-state index in [1.807, 2.05) is 6.07 Å². The van der Waals surface area contributed by atoms with Gasteiger partial charge >= 0.3 is 0 Å². The monoisotopic (exact) mass is 403 g/mol. The number of pyridine rings is 1. The minimum atomic E-state index is -0.329. The van der Waals surface area contributed by atoms with Crippen molar-refractivity contribution in [2.45, 2.75) is 12.6 Å². The predicted octanol–water partition coefficient (Wildman–Crippen LogP) is 3.03. The van der Waals surface area contributed by atoms with E-state index in [1.165, 1.54) is 12.1 Å². The number of hydrogen-bond donors (Lipinski definition) is 1. The standard InChI is InChI=1S/C23H18FN3O3/c24-17-3-1-14(2-4-17)19-10-20-16(11-26-22(20)28)9-21(19)30-18-12-27(13-18)23(29)15-5-7-25-8-6-15/h1-10,18H,11-13H2,(H,26,28). The molecule has 0 radical (unpaired) electrons. The van der Waals surface area contributed by atoms with Gasteiger partial charge in [0.2, 0.25) is 0 Å². The molecule has 0 aliphatic carbocycles. The first-order chi connectivity index (χ1) is 14.6. The Morgan fingerprint density at radius 2 is 1.80 bits per heavy atom. The summed E-state index contributed by atoms with van der Waals surface area (Å²) in [7, 11) is 0. The van der Waals surface area contributed by atoms with Gasteiger partial charge in [0.15, 0.2) is 0 Å². The molecule has 0 unspecified atom stereocenters. The van der Waals surface area contributed by atoms with Gasteiger partial charge in [-0.05, 0) is 47.5 Å². The van der Waals surface area contributed by atoms with Gasteiger partial charge in [0, 0.05) is 35.6 Å². The zero-order chi connectivity index (χ0) is 20.7. The minimum absolute atomic E-state index is 0.0558. The van der Waals surface area contributed by atoms with Crippen LogP contribution >= 0.6 is 0 Å². The second kappa shape index (κ2) is 7.26. The van der Waals surface area contributed by atoms with Crippen molar-refractivity contribution in [1.29, 1.82) is 0 Å². The summed E-state index contributed by atoms with van der Waals surface area (Å²) in [6.45, 7) is 1.39. The molecule has 6 nitrogen and oxygen atoms in total. The lowest BCUT2D eigenvalue weighted by Gasteiger charge is -2.39. The Bertz CT molecular complexity index is 1130. The number of rotatable bonds is 4. The maximum absolute atomic E-state index is 13.4. The summed E-state index contributed by atoms with van der Waals surface area (Å²) in [6, 6.07) is 13.1. The van der Waals surface area contributed by atoms with Crippen LogP contribution in [0.3, 0.4) is 0 Å². The third-order valence-corrected chi connectivity index (χ3v) is 5.40. The second-order valence-corrected chi connectivity index (χ2v) is 7.38. The van der Waals surface area contributed by atoms with Crippen LogP contribution in [0.4, 0.5) is 4.39 Å². The fourth-order valence-corrected chi connectivity index (χ4v) is 3.74. The molecule has 2 aromatic carbocycles. The number of likely N-dealkylation sites (tertiary alicyclic amines) is 1. The molecule has 7 heteroatoms. The smallest absolute Gasteiger partial charge is 0.254 e. The topological polar surface area (TPSA) is 71.5 Å². The highest BCUT2D eigenvalue weighted by atomic mass is 19.1. The molecular weight excluding hydrogens is 385 g/mol. The molecule has 0 bridgehead atoms. The number of ether oxygens (including phenoxy) is 1. The van der Waals surface area contributed by atoms with Crippen molar-refractivity contribution < 1.29 is 18.7 Å². The van der Waals surface area contributed by atoms with Gasteiger partial charge in [-0.15, -0.1) is 0 Å². The van der Waals surface area contributed by atoms with Crippen molar-refractivity contribution in [3.8, 4) is 16.9 Å². The zero-order valence-electron chi connectivity index (χ0n) is 16.0. The molecule has 3 heterocycles. The second-order valence-electron chi connectivity index (χ2n) is 7.38. The van der Waals surface area contributed by atoms with E-state index in [2.05, 4.69) is 10.3 Å². The highest BCUT2D eigenvalue weighted by Crippen LogP contribution is 2.36. The summed E-state index contributed by atoms with van der Waals surface area (Å²) >= 11 is 0. The van der Waals surface area contributed by atoms with Crippen molar-refractivity contribution in [1.82, 2.24) is 15.2 Å². The number of nitrogens with one attached hydrogen (secondary N) is 1. The van der Waals surface area contributed by atoms with Crippen LogP contribution in [-0.2, 0) is 6.54 Å². The van der Waals surface area contributed by atoms with Gasteiger partial charge in [-0.25, -0.2) is 4.39 Å². The highest BCUT2D eigenvalue weighted by Gasteiger charge is 2.34. The third kappa shape index (κ3) is 3.28. The van der Waals surface area contributed by atoms with Gasteiger partial charge in [0.1, 0.15) is 17.7 Å². The number of nitrogens with zero attached hydrogens (tertiary/aromatic N) is 2. The molecule has 0 saturated carbocycles.